The molecule has 0 fully saturated rings. The first-order valence-corrected chi connectivity index (χ1v) is 5.50. The SMILES string of the molecule is Nc1cc2c(=O)[nH]cnc2cc1-n1cc(Cl)cn1. The zero-order chi connectivity index (χ0) is 12.7. The molecular formula is C11H8ClN5O. The van der Waals surface area contributed by atoms with Crippen molar-refractivity contribution in [3.05, 3.63) is 46.2 Å². The fourth-order valence-corrected chi connectivity index (χ4v) is 1.89. The van der Waals surface area contributed by atoms with Gasteiger partial charge in [-0.2, -0.15) is 5.10 Å². The molecule has 0 aliphatic heterocycles. The predicted molar refractivity (Wildman–Crippen MR) is 68.9 cm³/mol. The molecule has 3 N–H and O–H groups in total. The molecule has 0 atom stereocenters. The van der Waals surface area contributed by atoms with Gasteiger partial charge in [0.2, 0.25) is 0 Å². The van der Waals surface area contributed by atoms with Crippen LogP contribution in [0.1, 0.15) is 0 Å². The maximum absolute atomic E-state index is 11.6. The summed E-state index contributed by atoms with van der Waals surface area (Å²) in [5.74, 6) is 0. The van der Waals surface area contributed by atoms with Crippen LogP contribution in [0.15, 0.2) is 35.6 Å². The van der Waals surface area contributed by atoms with E-state index in [0.717, 1.165) is 0 Å². The van der Waals surface area contributed by atoms with Gasteiger partial charge in [0.1, 0.15) is 0 Å². The van der Waals surface area contributed by atoms with E-state index in [4.69, 9.17) is 17.3 Å². The van der Waals surface area contributed by atoms with Crippen molar-refractivity contribution in [1.29, 1.82) is 0 Å². The average molecular weight is 262 g/mol. The Balaban J connectivity index is 2.32. The number of benzene rings is 1. The van der Waals surface area contributed by atoms with Gasteiger partial charge in [-0.3, -0.25) is 4.79 Å². The van der Waals surface area contributed by atoms with Gasteiger partial charge >= 0.3 is 0 Å². The molecule has 0 bridgehead atoms. The molecule has 0 spiro atoms. The summed E-state index contributed by atoms with van der Waals surface area (Å²) < 4.78 is 1.54. The zero-order valence-electron chi connectivity index (χ0n) is 9.09. The van der Waals surface area contributed by atoms with Crippen LogP contribution in [0.5, 0.6) is 0 Å². The summed E-state index contributed by atoms with van der Waals surface area (Å²) in [7, 11) is 0. The third-order valence-corrected chi connectivity index (χ3v) is 2.78. The molecular weight excluding hydrogens is 254 g/mol. The predicted octanol–water partition coefficient (Wildman–Crippen LogP) is 1.34. The maximum Gasteiger partial charge on any atom is 0.258 e. The van der Waals surface area contributed by atoms with E-state index in [-0.39, 0.29) is 5.56 Å². The summed E-state index contributed by atoms with van der Waals surface area (Å²) in [6.07, 6.45) is 4.49. The number of aromatic nitrogens is 4. The van der Waals surface area contributed by atoms with Crippen LogP contribution >= 0.6 is 11.6 Å². The first kappa shape index (κ1) is 10.8. The molecule has 0 radical (unpaired) electrons. The molecule has 0 aliphatic carbocycles. The number of rotatable bonds is 1. The van der Waals surface area contributed by atoms with Crippen LogP contribution in [0.2, 0.25) is 5.02 Å². The second-order valence-corrected chi connectivity index (χ2v) is 4.20. The van der Waals surface area contributed by atoms with Gasteiger partial charge in [-0.05, 0) is 12.1 Å². The Labute approximate surface area is 106 Å². The Kier molecular flexibility index (Phi) is 2.31. The van der Waals surface area contributed by atoms with E-state index in [1.54, 1.807) is 23.0 Å². The summed E-state index contributed by atoms with van der Waals surface area (Å²) in [5, 5.41) is 5.02. The lowest BCUT2D eigenvalue weighted by atomic mass is 10.2. The number of nitrogen functional groups attached to an aromatic ring is 1. The second kappa shape index (κ2) is 3.85. The molecule has 0 aliphatic rings. The monoisotopic (exact) mass is 261 g/mol. The molecule has 3 aromatic rings. The van der Waals surface area contributed by atoms with Gasteiger partial charge in [0, 0.05) is 6.20 Å². The Morgan fingerprint density at radius 3 is 2.94 bits per heavy atom. The Morgan fingerprint density at radius 2 is 2.22 bits per heavy atom. The molecule has 3 rings (SSSR count). The van der Waals surface area contributed by atoms with Crippen molar-refractivity contribution in [2.24, 2.45) is 0 Å². The molecule has 1 aromatic carbocycles. The fraction of sp³-hybridized carbons (Fsp3) is 0. The average Bonchev–Trinajstić information content (AvgIpc) is 2.76. The van der Waals surface area contributed by atoms with Gasteiger partial charge in [-0.15, -0.1) is 0 Å². The van der Waals surface area contributed by atoms with Gasteiger partial charge in [0.15, 0.2) is 0 Å². The van der Waals surface area contributed by atoms with E-state index in [1.807, 2.05) is 0 Å². The molecule has 0 unspecified atom stereocenters. The number of hydrogen-bond acceptors (Lipinski definition) is 4. The largest absolute Gasteiger partial charge is 0.397 e. The minimum atomic E-state index is -0.225. The van der Waals surface area contributed by atoms with Gasteiger partial charge in [-0.1, -0.05) is 11.6 Å². The first-order valence-electron chi connectivity index (χ1n) is 5.12. The van der Waals surface area contributed by atoms with Crippen LogP contribution in [-0.2, 0) is 0 Å². The smallest absolute Gasteiger partial charge is 0.258 e. The van der Waals surface area contributed by atoms with Crippen LogP contribution in [0.3, 0.4) is 0 Å². The molecule has 90 valence electrons. The van der Waals surface area contributed by atoms with E-state index >= 15 is 0 Å². The van der Waals surface area contributed by atoms with Crippen molar-refractivity contribution >= 4 is 28.2 Å². The van der Waals surface area contributed by atoms with Crippen molar-refractivity contribution in [3.63, 3.8) is 0 Å². The number of anilines is 1. The normalized spacial score (nSPS) is 10.9. The summed E-state index contributed by atoms with van der Waals surface area (Å²) >= 11 is 5.81. The Bertz CT molecular complexity index is 791. The zero-order valence-corrected chi connectivity index (χ0v) is 9.85. The number of nitrogens with zero attached hydrogens (tertiary/aromatic N) is 3. The molecule has 2 heterocycles. The number of nitrogens with one attached hydrogen (secondary N) is 1. The molecule has 18 heavy (non-hydrogen) atoms. The van der Waals surface area contributed by atoms with Gasteiger partial charge in [-0.25, -0.2) is 9.67 Å². The maximum atomic E-state index is 11.6. The molecule has 7 heteroatoms. The number of nitrogens with two attached hydrogens (primary N) is 1. The lowest BCUT2D eigenvalue weighted by Crippen LogP contribution is -2.08. The number of aromatic amines is 1. The standard InChI is InChI=1S/C11H8ClN5O/c12-6-3-16-17(4-6)10-2-9-7(1-8(10)13)11(18)15-5-14-9/h1-5H,13H2,(H,14,15,18). The Morgan fingerprint density at radius 1 is 1.39 bits per heavy atom. The quantitative estimate of drug-likeness (QED) is 0.647. The van der Waals surface area contributed by atoms with Crippen molar-refractivity contribution in [2.45, 2.75) is 0 Å². The fourth-order valence-electron chi connectivity index (χ4n) is 1.75. The summed E-state index contributed by atoms with van der Waals surface area (Å²) in [6.45, 7) is 0. The van der Waals surface area contributed by atoms with Crippen LogP contribution in [0.25, 0.3) is 16.6 Å². The highest BCUT2D eigenvalue weighted by Gasteiger charge is 2.08. The number of halogens is 1. The number of hydrogen-bond donors (Lipinski definition) is 2. The minimum absolute atomic E-state index is 0.225. The van der Waals surface area contributed by atoms with Crippen LogP contribution in [0, 0.1) is 0 Å². The van der Waals surface area contributed by atoms with E-state index in [1.165, 1.54) is 12.5 Å². The molecule has 0 saturated carbocycles. The number of fused-ring (bicyclic) bond motifs is 1. The minimum Gasteiger partial charge on any atom is -0.397 e. The molecule has 0 saturated heterocycles. The summed E-state index contributed by atoms with van der Waals surface area (Å²) in [5.41, 5.74) is 7.30. The van der Waals surface area contributed by atoms with Crippen LogP contribution in [0.4, 0.5) is 5.69 Å². The highest BCUT2D eigenvalue weighted by atomic mass is 35.5. The molecule has 0 amide bonds. The molecule has 6 nitrogen and oxygen atoms in total. The van der Waals surface area contributed by atoms with Crippen molar-refractivity contribution in [3.8, 4) is 5.69 Å². The highest BCUT2D eigenvalue weighted by Crippen LogP contribution is 2.22. The van der Waals surface area contributed by atoms with Crippen molar-refractivity contribution in [1.82, 2.24) is 19.7 Å². The lowest BCUT2D eigenvalue weighted by Gasteiger charge is -2.06. The Hall–Kier alpha value is -2.34. The van der Waals surface area contributed by atoms with Crippen molar-refractivity contribution < 1.29 is 0 Å². The highest BCUT2D eigenvalue weighted by molar-refractivity contribution is 6.30. The first-order chi connectivity index (χ1) is 8.65. The van der Waals surface area contributed by atoms with E-state index in [9.17, 15) is 4.79 Å². The van der Waals surface area contributed by atoms with Gasteiger partial charge in [0.25, 0.3) is 5.56 Å². The number of H-pyrrole nitrogens is 1. The van der Waals surface area contributed by atoms with E-state index < -0.39 is 0 Å². The lowest BCUT2D eigenvalue weighted by molar-refractivity contribution is 0.884. The van der Waals surface area contributed by atoms with Gasteiger partial charge in [0.05, 0.1) is 39.8 Å². The van der Waals surface area contributed by atoms with E-state index in [0.29, 0.717) is 27.3 Å². The topological polar surface area (TPSA) is 89.6 Å². The van der Waals surface area contributed by atoms with Crippen LogP contribution < -0.4 is 11.3 Å². The van der Waals surface area contributed by atoms with Crippen molar-refractivity contribution in [2.75, 3.05) is 5.73 Å². The van der Waals surface area contributed by atoms with Gasteiger partial charge < -0.3 is 10.7 Å². The van der Waals surface area contributed by atoms with E-state index in [2.05, 4.69) is 15.1 Å². The second-order valence-electron chi connectivity index (χ2n) is 3.76. The third-order valence-electron chi connectivity index (χ3n) is 2.59. The van der Waals surface area contributed by atoms with Crippen LogP contribution in [-0.4, -0.2) is 19.7 Å². The summed E-state index contributed by atoms with van der Waals surface area (Å²) in [6, 6.07) is 3.27. The molecule has 2 aromatic heterocycles. The summed E-state index contributed by atoms with van der Waals surface area (Å²) in [4.78, 5) is 18.2. The third kappa shape index (κ3) is 1.63.